The molecule has 1 aromatic rings. The van der Waals surface area contributed by atoms with Crippen LogP contribution >= 0.6 is 0 Å². The van der Waals surface area contributed by atoms with Crippen molar-refractivity contribution in [3.8, 4) is 5.75 Å². The molecule has 0 saturated heterocycles. The van der Waals surface area contributed by atoms with Gasteiger partial charge in [-0.2, -0.15) is 0 Å². The number of benzene rings is 1. The summed E-state index contributed by atoms with van der Waals surface area (Å²) in [6, 6.07) is 5.31. The quantitative estimate of drug-likeness (QED) is 0.861. The van der Waals surface area contributed by atoms with E-state index in [4.69, 9.17) is 4.99 Å². The number of nitrogens with zero attached hydrogens (tertiary/aromatic N) is 1. The number of allylic oxidation sites excluding steroid dienone is 3. The highest BCUT2D eigenvalue weighted by Gasteiger charge is 2.56. The standard InChI is InChI=1S/C19H19NO2/c1-3-11-7-8-14-17(22)16-12(5-4-6-15(16)21)18-19(14,2)13(11)9-10-20-18/h3-7,13-14,21H,1,8-10H2,2H3/t13-,14-,19-/m1/s1. The van der Waals surface area contributed by atoms with Crippen molar-refractivity contribution in [2.24, 2.45) is 22.2 Å². The Kier molecular flexibility index (Phi) is 2.71. The molecule has 3 aliphatic rings. The first-order chi connectivity index (χ1) is 10.6. The molecule has 3 atom stereocenters. The Labute approximate surface area is 130 Å². The Morgan fingerprint density at radius 2 is 2.23 bits per heavy atom. The first-order valence-electron chi connectivity index (χ1n) is 7.83. The first-order valence-corrected chi connectivity index (χ1v) is 7.83. The lowest BCUT2D eigenvalue weighted by atomic mass is 9.51. The molecule has 1 heterocycles. The predicted octanol–water partition coefficient (Wildman–Crippen LogP) is 3.54. The fraction of sp³-hybridized carbons (Fsp3) is 0.368. The van der Waals surface area contributed by atoms with Gasteiger partial charge in [-0.3, -0.25) is 9.79 Å². The molecule has 1 N–H and O–H groups in total. The second-order valence-corrected chi connectivity index (χ2v) is 6.61. The zero-order chi connectivity index (χ0) is 15.5. The van der Waals surface area contributed by atoms with E-state index >= 15 is 0 Å². The van der Waals surface area contributed by atoms with Gasteiger partial charge in [-0.1, -0.05) is 37.8 Å². The van der Waals surface area contributed by atoms with Gasteiger partial charge in [0.1, 0.15) is 5.75 Å². The van der Waals surface area contributed by atoms with Gasteiger partial charge in [-0.05, 0) is 30.4 Å². The lowest BCUT2D eigenvalue weighted by molar-refractivity contribution is 0.0752. The van der Waals surface area contributed by atoms with Gasteiger partial charge >= 0.3 is 0 Å². The Hall–Kier alpha value is -2.16. The minimum Gasteiger partial charge on any atom is -0.507 e. The van der Waals surface area contributed by atoms with Crippen molar-refractivity contribution in [3.63, 3.8) is 0 Å². The van der Waals surface area contributed by atoms with Crippen LogP contribution in [0.25, 0.3) is 0 Å². The molecule has 0 saturated carbocycles. The number of carbonyl (C=O) groups is 1. The van der Waals surface area contributed by atoms with Gasteiger partial charge < -0.3 is 5.11 Å². The van der Waals surface area contributed by atoms with Gasteiger partial charge in [0.2, 0.25) is 0 Å². The number of Topliss-reactive ketones (excluding diaryl/α,β-unsaturated/α-hetero) is 1. The number of phenolic OH excluding ortho intramolecular Hbond substituents is 1. The molecule has 2 aliphatic carbocycles. The van der Waals surface area contributed by atoms with Crippen molar-refractivity contribution in [3.05, 3.63) is 53.6 Å². The molecule has 0 unspecified atom stereocenters. The van der Waals surface area contributed by atoms with E-state index < -0.39 is 0 Å². The number of hydrogen-bond acceptors (Lipinski definition) is 3. The van der Waals surface area contributed by atoms with Crippen LogP contribution in [0.15, 0.2) is 47.5 Å². The van der Waals surface area contributed by atoms with Gasteiger partial charge in [-0.15, -0.1) is 0 Å². The van der Waals surface area contributed by atoms with Crippen molar-refractivity contribution in [1.29, 1.82) is 0 Å². The summed E-state index contributed by atoms with van der Waals surface area (Å²) >= 11 is 0. The summed E-state index contributed by atoms with van der Waals surface area (Å²) in [5.74, 6) is 0.283. The summed E-state index contributed by atoms with van der Waals surface area (Å²) in [6.45, 7) is 6.87. The molecule has 4 rings (SSSR count). The summed E-state index contributed by atoms with van der Waals surface area (Å²) in [7, 11) is 0. The number of phenols is 1. The average Bonchev–Trinajstić information content (AvgIpc) is 2.51. The number of carbonyl (C=O) groups excluding carboxylic acids is 1. The maximum Gasteiger partial charge on any atom is 0.171 e. The molecule has 3 heteroatoms. The van der Waals surface area contributed by atoms with E-state index in [-0.39, 0.29) is 28.8 Å². The Morgan fingerprint density at radius 3 is 3.00 bits per heavy atom. The second kappa shape index (κ2) is 4.42. The monoisotopic (exact) mass is 293 g/mol. The summed E-state index contributed by atoms with van der Waals surface area (Å²) < 4.78 is 0. The number of ketones is 1. The number of aliphatic imine (C=N–C) groups is 1. The third kappa shape index (κ3) is 1.46. The zero-order valence-electron chi connectivity index (χ0n) is 12.7. The largest absolute Gasteiger partial charge is 0.507 e. The third-order valence-corrected chi connectivity index (χ3v) is 5.73. The van der Waals surface area contributed by atoms with Gasteiger partial charge in [0, 0.05) is 23.4 Å². The average molecular weight is 293 g/mol. The molecule has 0 spiro atoms. The van der Waals surface area contributed by atoms with Gasteiger partial charge in [0.25, 0.3) is 0 Å². The number of fused-ring (bicyclic) bond motifs is 2. The number of aromatic hydroxyl groups is 1. The van der Waals surface area contributed by atoms with Gasteiger partial charge in [-0.25, -0.2) is 0 Å². The molecule has 3 nitrogen and oxygen atoms in total. The van der Waals surface area contributed by atoms with E-state index in [1.54, 1.807) is 12.1 Å². The molecular formula is C19H19NO2. The highest BCUT2D eigenvalue weighted by molar-refractivity contribution is 6.21. The van der Waals surface area contributed by atoms with Crippen LogP contribution in [0.5, 0.6) is 5.75 Å². The van der Waals surface area contributed by atoms with E-state index in [1.165, 1.54) is 5.57 Å². The van der Waals surface area contributed by atoms with E-state index in [2.05, 4.69) is 19.6 Å². The van der Waals surface area contributed by atoms with Crippen LogP contribution < -0.4 is 0 Å². The van der Waals surface area contributed by atoms with Crippen LogP contribution in [0.2, 0.25) is 0 Å². The number of rotatable bonds is 1. The van der Waals surface area contributed by atoms with E-state index in [0.29, 0.717) is 12.0 Å². The normalized spacial score (nSPS) is 32.5. The molecule has 0 amide bonds. The fourth-order valence-corrected chi connectivity index (χ4v) is 4.65. The molecule has 1 aliphatic heterocycles. The molecule has 112 valence electrons. The lowest BCUT2D eigenvalue weighted by Crippen LogP contribution is -2.53. The van der Waals surface area contributed by atoms with E-state index in [0.717, 1.165) is 24.2 Å². The second-order valence-electron chi connectivity index (χ2n) is 6.61. The van der Waals surface area contributed by atoms with E-state index in [9.17, 15) is 9.90 Å². The topological polar surface area (TPSA) is 49.7 Å². The summed E-state index contributed by atoms with van der Waals surface area (Å²) in [4.78, 5) is 17.8. The van der Waals surface area contributed by atoms with Crippen molar-refractivity contribution >= 4 is 11.5 Å². The Balaban J connectivity index is 2.02. The summed E-state index contributed by atoms with van der Waals surface area (Å²) in [5, 5.41) is 10.2. The van der Waals surface area contributed by atoms with Crippen LogP contribution in [0.1, 0.15) is 35.7 Å². The maximum absolute atomic E-state index is 13.0. The van der Waals surface area contributed by atoms with Gasteiger partial charge in [0.05, 0.1) is 11.3 Å². The van der Waals surface area contributed by atoms with Crippen LogP contribution in [-0.2, 0) is 0 Å². The molecule has 22 heavy (non-hydrogen) atoms. The smallest absolute Gasteiger partial charge is 0.171 e. The van der Waals surface area contributed by atoms with Crippen LogP contribution in [0, 0.1) is 17.3 Å². The minimum absolute atomic E-state index is 0.0563. The minimum atomic E-state index is -0.283. The molecule has 0 bridgehead atoms. The zero-order valence-corrected chi connectivity index (χ0v) is 12.7. The molecular weight excluding hydrogens is 274 g/mol. The van der Waals surface area contributed by atoms with Crippen LogP contribution in [-0.4, -0.2) is 23.1 Å². The summed E-state index contributed by atoms with van der Waals surface area (Å²) in [5.41, 5.74) is 3.22. The third-order valence-electron chi connectivity index (χ3n) is 5.73. The van der Waals surface area contributed by atoms with Crippen LogP contribution in [0.3, 0.4) is 0 Å². The first kappa shape index (κ1) is 13.5. The number of hydrogen-bond donors (Lipinski definition) is 1. The van der Waals surface area contributed by atoms with Crippen molar-refractivity contribution in [2.75, 3.05) is 6.54 Å². The highest BCUT2D eigenvalue weighted by atomic mass is 16.3. The fourth-order valence-electron chi connectivity index (χ4n) is 4.65. The van der Waals surface area contributed by atoms with Crippen molar-refractivity contribution in [2.45, 2.75) is 19.8 Å². The van der Waals surface area contributed by atoms with Gasteiger partial charge in [0.15, 0.2) is 5.78 Å². The van der Waals surface area contributed by atoms with Crippen molar-refractivity contribution < 1.29 is 9.90 Å². The molecule has 1 aromatic carbocycles. The van der Waals surface area contributed by atoms with E-state index in [1.807, 2.05) is 12.1 Å². The molecule has 0 radical (unpaired) electrons. The van der Waals surface area contributed by atoms with Crippen molar-refractivity contribution in [1.82, 2.24) is 0 Å². The Morgan fingerprint density at radius 1 is 1.41 bits per heavy atom. The summed E-state index contributed by atoms with van der Waals surface area (Å²) in [6.07, 6.45) is 5.73. The molecule has 0 fully saturated rings. The predicted molar refractivity (Wildman–Crippen MR) is 86.4 cm³/mol. The maximum atomic E-state index is 13.0. The lowest BCUT2D eigenvalue weighted by Gasteiger charge is -2.51. The molecule has 0 aromatic heterocycles. The SMILES string of the molecule is C=CC1=CC[C@@H]2C(=O)c3c(O)cccc3C3=NCC[C@H]1[C@@]32C. The Bertz CT molecular complexity index is 759. The highest BCUT2D eigenvalue weighted by Crippen LogP contribution is 2.55. The van der Waals surface area contributed by atoms with Crippen LogP contribution in [0.4, 0.5) is 0 Å².